The standard InChI is InChI=1S/C10H7F4O.3C4H9.Sn/c1-15-9-5-3-2-4-7(9)8(6-11)10(12,13)14;3*1-3-4-2;/h2-5H,1H3;3*1,3-4H2,2H3;. The number of benzene rings is 1. The molecule has 0 saturated carbocycles. The van der Waals surface area contributed by atoms with Crippen LogP contribution in [0.2, 0.25) is 13.3 Å². The van der Waals surface area contributed by atoms with Crippen LogP contribution in [0, 0.1) is 0 Å². The fourth-order valence-electron chi connectivity index (χ4n) is 3.76. The molecule has 0 radical (unpaired) electrons. The number of alkyl halides is 3. The third kappa shape index (κ3) is 6.67. The topological polar surface area (TPSA) is 9.23 Å². The van der Waals surface area contributed by atoms with Crippen LogP contribution in [0.3, 0.4) is 0 Å². The Bertz CT molecular complexity index is 603. The second-order valence-electron chi connectivity index (χ2n) is 7.48. The molecule has 0 heterocycles. The first kappa shape index (κ1) is 25.3. The van der Waals surface area contributed by atoms with Crippen LogP contribution in [-0.2, 0) is 0 Å². The van der Waals surface area contributed by atoms with Crippen LogP contribution in [0.4, 0.5) is 17.6 Å². The molecule has 1 nitrogen and oxygen atoms in total. The molecule has 0 spiro atoms. The molecule has 1 aromatic carbocycles. The molecule has 6 heteroatoms. The number of methoxy groups -OCH3 is 1. The maximum absolute atomic E-state index is 16.1. The second kappa shape index (κ2) is 12.1. The van der Waals surface area contributed by atoms with E-state index in [4.69, 9.17) is 4.74 Å². The van der Waals surface area contributed by atoms with Crippen molar-refractivity contribution in [2.24, 2.45) is 0 Å². The summed E-state index contributed by atoms with van der Waals surface area (Å²) in [6, 6.07) is 5.92. The van der Waals surface area contributed by atoms with E-state index in [-0.39, 0.29) is 11.3 Å². The Balaban J connectivity index is 3.70. The number of halogens is 4. The molecule has 0 amide bonds. The van der Waals surface area contributed by atoms with Gasteiger partial charge in [-0.3, -0.25) is 0 Å². The molecule has 0 bridgehead atoms. The van der Waals surface area contributed by atoms with E-state index in [2.05, 4.69) is 0 Å². The average molecular weight is 509 g/mol. The molecule has 0 unspecified atom stereocenters. The molecule has 0 aliphatic carbocycles. The van der Waals surface area contributed by atoms with E-state index in [1.165, 1.54) is 25.3 Å². The van der Waals surface area contributed by atoms with Crippen molar-refractivity contribution in [2.75, 3.05) is 7.11 Å². The zero-order chi connectivity index (χ0) is 21.2. The number of hydrogen-bond donors (Lipinski definition) is 0. The fourth-order valence-corrected chi connectivity index (χ4v) is 18.9. The summed E-state index contributed by atoms with van der Waals surface area (Å²) < 4.78 is 64.8. The van der Waals surface area contributed by atoms with Crippen LogP contribution < -0.4 is 4.74 Å². The van der Waals surface area contributed by atoms with Gasteiger partial charge in [0.05, 0.1) is 0 Å². The van der Waals surface area contributed by atoms with Crippen molar-refractivity contribution in [1.29, 1.82) is 0 Å². The van der Waals surface area contributed by atoms with Crippen LogP contribution in [-0.4, -0.2) is 31.7 Å². The third-order valence-electron chi connectivity index (χ3n) is 5.37. The molecule has 0 aromatic heterocycles. The molecule has 0 aliphatic heterocycles. The Kier molecular flexibility index (Phi) is 10.9. The van der Waals surface area contributed by atoms with Crippen LogP contribution >= 0.6 is 0 Å². The summed E-state index contributed by atoms with van der Waals surface area (Å²) in [4.78, 5) is 0. The summed E-state index contributed by atoms with van der Waals surface area (Å²) in [6.07, 6.45) is 0.280. The molecule has 1 aromatic rings. The Morgan fingerprint density at radius 1 is 0.893 bits per heavy atom. The van der Waals surface area contributed by atoms with Crippen molar-refractivity contribution in [1.82, 2.24) is 0 Å². The van der Waals surface area contributed by atoms with E-state index in [1.807, 2.05) is 20.8 Å². The van der Waals surface area contributed by atoms with Crippen molar-refractivity contribution in [3.05, 3.63) is 33.7 Å². The van der Waals surface area contributed by atoms with Crippen LogP contribution in [0.15, 0.2) is 28.1 Å². The van der Waals surface area contributed by atoms with Gasteiger partial charge in [-0.15, -0.1) is 0 Å². The van der Waals surface area contributed by atoms with Crippen molar-refractivity contribution in [3.8, 4) is 5.75 Å². The van der Waals surface area contributed by atoms with Gasteiger partial charge in [-0.25, -0.2) is 0 Å². The summed E-state index contributed by atoms with van der Waals surface area (Å²) in [5, 5.41) is 0. The second-order valence-corrected chi connectivity index (χ2v) is 20.3. The van der Waals surface area contributed by atoms with Gasteiger partial charge in [0, 0.05) is 0 Å². The number of rotatable bonds is 12. The summed E-state index contributed by atoms with van der Waals surface area (Å²) >= 11 is -3.86. The first-order valence-corrected chi connectivity index (χ1v) is 17.9. The molecule has 0 N–H and O–H groups in total. The first-order valence-electron chi connectivity index (χ1n) is 10.4. The Hall–Kier alpha value is -0.721. The van der Waals surface area contributed by atoms with Crippen LogP contribution in [0.5, 0.6) is 5.75 Å². The van der Waals surface area contributed by atoms with Gasteiger partial charge in [-0.1, -0.05) is 0 Å². The summed E-state index contributed by atoms with van der Waals surface area (Å²) in [5.41, 5.74) is -1.25. The third-order valence-corrected chi connectivity index (χ3v) is 20.0. The van der Waals surface area contributed by atoms with Gasteiger partial charge < -0.3 is 0 Å². The summed E-state index contributed by atoms with van der Waals surface area (Å²) in [6.45, 7) is 6.05. The zero-order valence-corrected chi connectivity index (χ0v) is 20.4. The number of para-hydroxylation sites is 1. The van der Waals surface area contributed by atoms with Gasteiger partial charge in [0.25, 0.3) is 0 Å². The van der Waals surface area contributed by atoms with Gasteiger partial charge in [-0.05, 0) is 0 Å². The number of allylic oxidation sites excluding steroid dienone is 1. The molecule has 0 aliphatic rings. The predicted molar refractivity (Wildman–Crippen MR) is 112 cm³/mol. The van der Waals surface area contributed by atoms with Gasteiger partial charge in [-0.2, -0.15) is 0 Å². The van der Waals surface area contributed by atoms with E-state index in [9.17, 15) is 13.2 Å². The van der Waals surface area contributed by atoms with Crippen molar-refractivity contribution in [2.45, 2.75) is 78.8 Å². The average Bonchev–Trinajstić information content (AvgIpc) is 2.67. The van der Waals surface area contributed by atoms with Crippen molar-refractivity contribution in [3.63, 3.8) is 0 Å². The van der Waals surface area contributed by atoms with E-state index >= 15 is 4.39 Å². The summed E-state index contributed by atoms with van der Waals surface area (Å²) in [5.74, 6) is 0.0756. The quantitative estimate of drug-likeness (QED) is 0.203. The SMILES string of the molecule is CCC[CH2][Sn]([CH2]CCC)([CH2]CCC)/[C](F)=C(/c1ccccc1OC)C(F)(F)F. The Labute approximate surface area is 171 Å². The fraction of sp³-hybridized carbons (Fsp3) is 0.636. The van der Waals surface area contributed by atoms with Gasteiger partial charge >= 0.3 is 172 Å². The van der Waals surface area contributed by atoms with Crippen molar-refractivity contribution < 1.29 is 22.3 Å². The van der Waals surface area contributed by atoms with E-state index in [0.29, 0.717) is 13.3 Å². The molecule has 28 heavy (non-hydrogen) atoms. The minimum atomic E-state index is -4.74. The maximum atomic E-state index is 16.1. The molecular formula is C22H34F4OSn. The van der Waals surface area contributed by atoms with Crippen LogP contribution in [0.25, 0.3) is 5.57 Å². The minimum absolute atomic E-state index is 0.0756. The monoisotopic (exact) mass is 510 g/mol. The zero-order valence-electron chi connectivity index (χ0n) is 17.6. The molecule has 0 saturated heterocycles. The normalized spacial score (nSPS) is 13.4. The Morgan fingerprint density at radius 2 is 1.36 bits per heavy atom. The molecule has 1 rings (SSSR count). The molecule has 0 atom stereocenters. The van der Waals surface area contributed by atoms with Gasteiger partial charge in [0.15, 0.2) is 0 Å². The number of hydrogen-bond acceptors (Lipinski definition) is 1. The Morgan fingerprint density at radius 3 is 1.75 bits per heavy atom. The molecular weight excluding hydrogens is 475 g/mol. The summed E-state index contributed by atoms with van der Waals surface area (Å²) in [7, 11) is 1.33. The van der Waals surface area contributed by atoms with Crippen molar-refractivity contribution >= 4 is 24.0 Å². The molecule has 0 fully saturated rings. The van der Waals surface area contributed by atoms with Gasteiger partial charge in [0.1, 0.15) is 0 Å². The van der Waals surface area contributed by atoms with Gasteiger partial charge in [0.2, 0.25) is 0 Å². The number of unbranched alkanes of at least 4 members (excludes halogenated alkanes) is 3. The predicted octanol–water partition coefficient (Wildman–Crippen LogP) is 8.33. The molecule has 160 valence electrons. The van der Waals surface area contributed by atoms with E-state index in [0.717, 1.165) is 38.5 Å². The van der Waals surface area contributed by atoms with E-state index in [1.54, 1.807) is 6.07 Å². The first-order chi connectivity index (χ1) is 13.3. The van der Waals surface area contributed by atoms with Crippen LogP contribution in [0.1, 0.15) is 64.9 Å². The van der Waals surface area contributed by atoms with E-state index < -0.39 is 34.0 Å². The number of ether oxygens (including phenoxy) is 1.